The van der Waals surface area contributed by atoms with Gasteiger partial charge in [-0.25, -0.2) is 8.78 Å². The fraction of sp³-hybridized carbons (Fsp3) is 0.143. The lowest BCUT2D eigenvalue weighted by Crippen LogP contribution is -2.30. The Hall–Kier alpha value is -1.30. The number of halogens is 3. The fourth-order valence-electron chi connectivity index (χ4n) is 1.90. The molecule has 2 rings (SSSR count). The zero-order chi connectivity index (χ0) is 13.8. The summed E-state index contributed by atoms with van der Waals surface area (Å²) in [5.74, 6) is 4.28. The summed E-state index contributed by atoms with van der Waals surface area (Å²) in [6.45, 7) is 0. The second kappa shape index (κ2) is 6.23. The van der Waals surface area contributed by atoms with Gasteiger partial charge in [-0.15, -0.1) is 0 Å². The molecule has 0 bridgehead atoms. The molecule has 100 valence electrons. The third-order valence-corrected chi connectivity index (χ3v) is 3.42. The van der Waals surface area contributed by atoms with Gasteiger partial charge in [0.1, 0.15) is 11.6 Å². The van der Waals surface area contributed by atoms with Crippen LogP contribution in [0, 0.1) is 11.6 Å². The van der Waals surface area contributed by atoms with Gasteiger partial charge in [0.15, 0.2) is 0 Å². The van der Waals surface area contributed by atoms with E-state index in [1.165, 1.54) is 12.1 Å². The lowest BCUT2D eigenvalue weighted by Gasteiger charge is -2.17. The van der Waals surface area contributed by atoms with E-state index in [0.29, 0.717) is 12.0 Å². The molecule has 0 radical (unpaired) electrons. The molecule has 0 aliphatic rings. The van der Waals surface area contributed by atoms with Gasteiger partial charge in [-0.05, 0) is 30.2 Å². The monoisotopic (exact) mass is 326 g/mol. The highest BCUT2D eigenvalue weighted by molar-refractivity contribution is 9.10. The van der Waals surface area contributed by atoms with E-state index in [1.807, 2.05) is 24.3 Å². The Morgan fingerprint density at radius 1 is 1.11 bits per heavy atom. The van der Waals surface area contributed by atoms with Crippen LogP contribution in [0.1, 0.15) is 17.2 Å². The number of nitrogens with one attached hydrogen (secondary N) is 1. The molecule has 0 spiro atoms. The van der Waals surface area contributed by atoms with Crippen molar-refractivity contribution < 1.29 is 8.78 Å². The molecule has 0 saturated heterocycles. The Morgan fingerprint density at radius 2 is 1.79 bits per heavy atom. The van der Waals surface area contributed by atoms with E-state index in [2.05, 4.69) is 21.4 Å². The maximum atomic E-state index is 13.7. The highest BCUT2D eigenvalue weighted by atomic mass is 79.9. The van der Waals surface area contributed by atoms with E-state index in [0.717, 1.165) is 16.1 Å². The largest absolute Gasteiger partial charge is 0.271 e. The van der Waals surface area contributed by atoms with Crippen LogP contribution in [0.2, 0.25) is 0 Å². The summed E-state index contributed by atoms with van der Waals surface area (Å²) < 4.78 is 27.6. The molecular formula is C14H13BrF2N2. The highest BCUT2D eigenvalue weighted by Gasteiger charge is 2.15. The molecule has 3 N–H and O–H groups in total. The summed E-state index contributed by atoms with van der Waals surface area (Å²) in [7, 11) is 0. The molecular weight excluding hydrogens is 314 g/mol. The number of hydrogen-bond acceptors (Lipinski definition) is 2. The Balaban J connectivity index is 2.22. The summed E-state index contributed by atoms with van der Waals surface area (Å²) in [6, 6.07) is 10.8. The van der Waals surface area contributed by atoms with E-state index in [4.69, 9.17) is 5.84 Å². The molecule has 2 nitrogen and oxygen atoms in total. The SMILES string of the molecule is NNC(Cc1ccc(Br)cc1)c1ccc(F)cc1F. The van der Waals surface area contributed by atoms with Crippen molar-refractivity contribution in [2.75, 3.05) is 0 Å². The molecule has 19 heavy (non-hydrogen) atoms. The first-order chi connectivity index (χ1) is 9.10. The molecule has 0 aliphatic carbocycles. The Bertz CT molecular complexity index is 558. The minimum Gasteiger partial charge on any atom is -0.271 e. The van der Waals surface area contributed by atoms with Gasteiger partial charge < -0.3 is 0 Å². The van der Waals surface area contributed by atoms with Gasteiger partial charge in [0, 0.05) is 16.1 Å². The topological polar surface area (TPSA) is 38.0 Å². The first-order valence-electron chi connectivity index (χ1n) is 5.75. The van der Waals surface area contributed by atoms with Crippen molar-refractivity contribution in [3.05, 3.63) is 69.7 Å². The van der Waals surface area contributed by atoms with Gasteiger partial charge >= 0.3 is 0 Å². The predicted octanol–water partition coefficient (Wildman–Crippen LogP) is 3.47. The second-order valence-electron chi connectivity index (χ2n) is 4.22. The van der Waals surface area contributed by atoms with Crippen LogP contribution in [0.25, 0.3) is 0 Å². The molecule has 2 aromatic carbocycles. The molecule has 0 aromatic heterocycles. The van der Waals surface area contributed by atoms with Crippen molar-refractivity contribution >= 4 is 15.9 Å². The van der Waals surface area contributed by atoms with Gasteiger partial charge in [-0.2, -0.15) is 0 Å². The summed E-state index contributed by atoms with van der Waals surface area (Å²) in [6.07, 6.45) is 0.520. The number of nitrogens with two attached hydrogens (primary N) is 1. The minimum absolute atomic E-state index is 0.354. The van der Waals surface area contributed by atoms with Gasteiger partial charge in [-0.1, -0.05) is 34.1 Å². The van der Waals surface area contributed by atoms with Crippen molar-refractivity contribution in [3.8, 4) is 0 Å². The van der Waals surface area contributed by atoms with Gasteiger partial charge in [0.25, 0.3) is 0 Å². The van der Waals surface area contributed by atoms with Crippen LogP contribution in [-0.2, 0) is 6.42 Å². The summed E-state index contributed by atoms with van der Waals surface area (Å²) in [4.78, 5) is 0. The third-order valence-electron chi connectivity index (χ3n) is 2.89. The second-order valence-corrected chi connectivity index (χ2v) is 5.13. The maximum Gasteiger partial charge on any atom is 0.130 e. The summed E-state index contributed by atoms with van der Waals surface area (Å²) in [5, 5.41) is 0. The van der Waals surface area contributed by atoms with E-state index < -0.39 is 17.7 Å². The summed E-state index contributed by atoms with van der Waals surface area (Å²) in [5.41, 5.74) is 3.93. The summed E-state index contributed by atoms with van der Waals surface area (Å²) >= 11 is 3.35. The lowest BCUT2D eigenvalue weighted by atomic mass is 9.99. The third kappa shape index (κ3) is 3.59. The van der Waals surface area contributed by atoms with E-state index in [1.54, 1.807) is 0 Å². The van der Waals surface area contributed by atoms with Crippen LogP contribution in [0.5, 0.6) is 0 Å². The molecule has 2 aromatic rings. The van der Waals surface area contributed by atoms with Crippen molar-refractivity contribution in [2.45, 2.75) is 12.5 Å². The molecule has 0 fully saturated rings. The normalized spacial score (nSPS) is 12.4. The van der Waals surface area contributed by atoms with Crippen molar-refractivity contribution in [3.63, 3.8) is 0 Å². The standard InChI is InChI=1S/C14H13BrF2N2/c15-10-3-1-9(2-4-10)7-14(19-18)12-6-5-11(16)8-13(12)17/h1-6,8,14,19H,7,18H2. The van der Waals surface area contributed by atoms with Gasteiger partial charge in [-0.3, -0.25) is 11.3 Å². The minimum atomic E-state index is -0.597. The number of benzene rings is 2. The average Bonchev–Trinajstić information content (AvgIpc) is 2.39. The first-order valence-corrected chi connectivity index (χ1v) is 6.55. The number of hydrazine groups is 1. The van der Waals surface area contributed by atoms with Crippen LogP contribution < -0.4 is 11.3 Å². The van der Waals surface area contributed by atoms with Crippen LogP contribution >= 0.6 is 15.9 Å². The Kier molecular flexibility index (Phi) is 4.63. The predicted molar refractivity (Wildman–Crippen MR) is 74.3 cm³/mol. The number of hydrogen-bond donors (Lipinski definition) is 2. The maximum absolute atomic E-state index is 13.7. The fourth-order valence-corrected chi connectivity index (χ4v) is 2.16. The first kappa shape index (κ1) is 14.1. The van der Waals surface area contributed by atoms with Crippen molar-refractivity contribution in [1.82, 2.24) is 5.43 Å². The number of rotatable bonds is 4. The van der Waals surface area contributed by atoms with Crippen molar-refractivity contribution in [1.29, 1.82) is 0 Å². The zero-order valence-corrected chi connectivity index (χ0v) is 11.6. The Labute approximate surface area is 118 Å². The highest BCUT2D eigenvalue weighted by Crippen LogP contribution is 2.22. The molecule has 0 heterocycles. The molecule has 0 amide bonds. The van der Waals surface area contributed by atoms with Crippen LogP contribution in [0.3, 0.4) is 0 Å². The smallest absolute Gasteiger partial charge is 0.130 e. The quantitative estimate of drug-likeness (QED) is 0.667. The van der Waals surface area contributed by atoms with Crippen molar-refractivity contribution in [2.24, 2.45) is 5.84 Å². The van der Waals surface area contributed by atoms with Crippen LogP contribution in [0.15, 0.2) is 46.9 Å². The Morgan fingerprint density at radius 3 is 2.37 bits per heavy atom. The van der Waals surface area contributed by atoms with E-state index in [-0.39, 0.29) is 0 Å². The molecule has 1 atom stereocenters. The van der Waals surface area contributed by atoms with Gasteiger partial charge in [0.2, 0.25) is 0 Å². The zero-order valence-electron chi connectivity index (χ0n) is 10.0. The molecule has 5 heteroatoms. The lowest BCUT2D eigenvalue weighted by molar-refractivity contribution is 0.502. The molecule has 0 aliphatic heterocycles. The van der Waals surface area contributed by atoms with E-state index in [9.17, 15) is 8.78 Å². The van der Waals surface area contributed by atoms with E-state index >= 15 is 0 Å². The average molecular weight is 327 g/mol. The molecule has 1 unspecified atom stereocenters. The van der Waals surface area contributed by atoms with Crippen LogP contribution in [0.4, 0.5) is 8.78 Å². The van der Waals surface area contributed by atoms with Gasteiger partial charge in [0.05, 0.1) is 6.04 Å². The molecule has 0 saturated carbocycles. The van der Waals surface area contributed by atoms with Crippen LogP contribution in [-0.4, -0.2) is 0 Å².